The van der Waals surface area contributed by atoms with Gasteiger partial charge in [-0.15, -0.1) is 0 Å². The molecule has 0 bridgehead atoms. The van der Waals surface area contributed by atoms with E-state index in [1.165, 1.54) is 141 Å². The van der Waals surface area contributed by atoms with Gasteiger partial charge in [0, 0.05) is 13.0 Å². The highest BCUT2D eigenvalue weighted by atomic mass is 31.2. The van der Waals surface area contributed by atoms with Crippen LogP contribution in [0.15, 0.2) is 12.2 Å². The van der Waals surface area contributed by atoms with Gasteiger partial charge in [0.05, 0.1) is 13.2 Å². The van der Waals surface area contributed by atoms with Crippen LogP contribution in [0.5, 0.6) is 0 Å². The summed E-state index contributed by atoms with van der Waals surface area (Å²) in [6.45, 7) is 4.26. The number of hydrogen-bond acceptors (Lipinski definition) is 11. The van der Waals surface area contributed by atoms with Crippen molar-refractivity contribution < 1.29 is 58.3 Å². The van der Waals surface area contributed by atoms with Gasteiger partial charge in [-0.05, 0) is 38.5 Å². The number of esters is 1. The maximum absolute atomic E-state index is 12.8. The van der Waals surface area contributed by atoms with Crippen molar-refractivity contribution in [2.24, 2.45) is 0 Å². The molecule has 0 aromatic rings. The standard InChI is InChI=1S/C45H87O12P/c1-3-5-7-9-11-13-15-16-17-18-19-20-21-22-23-25-27-29-31-33-35-54-36-38(56-39(46)34-32-30-28-26-24-14-12-10-8-6-4-2)37-55-58(52,53)57-45-43(50)41(48)40(47)42(49)44(45)51/h16-17,38,40-45,47-51H,3-15,18-37H2,1-2H3,(H,52,53)/b17-16-. The first kappa shape index (κ1) is 55.1. The molecule has 58 heavy (non-hydrogen) atoms. The van der Waals surface area contributed by atoms with Crippen LogP contribution in [0.3, 0.4) is 0 Å². The van der Waals surface area contributed by atoms with E-state index in [0.717, 1.165) is 38.5 Å². The van der Waals surface area contributed by atoms with Crippen molar-refractivity contribution >= 4 is 13.8 Å². The summed E-state index contributed by atoms with van der Waals surface area (Å²) in [5, 5.41) is 50.1. The lowest BCUT2D eigenvalue weighted by Gasteiger charge is -2.41. The molecule has 0 spiro atoms. The lowest BCUT2D eigenvalue weighted by molar-refractivity contribution is -0.220. The zero-order valence-electron chi connectivity index (χ0n) is 36.6. The van der Waals surface area contributed by atoms with Gasteiger partial charge in [0.1, 0.15) is 42.7 Å². The molecule has 344 valence electrons. The first-order valence-electron chi connectivity index (χ1n) is 23.5. The normalized spacial score (nSPS) is 22.7. The number of aliphatic hydroxyl groups excluding tert-OH is 5. The van der Waals surface area contributed by atoms with Crippen LogP contribution in [0.1, 0.15) is 206 Å². The third kappa shape index (κ3) is 28.6. The molecule has 0 aromatic carbocycles. The van der Waals surface area contributed by atoms with Crippen LogP contribution in [-0.2, 0) is 27.9 Å². The minimum absolute atomic E-state index is 0.0722. The van der Waals surface area contributed by atoms with Gasteiger partial charge in [-0.1, -0.05) is 174 Å². The summed E-state index contributed by atoms with van der Waals surface area (Å²) in [6.07, 6.45) is 27.2. The number of phosphoric ester groups is 1. The number of allylic oxidation sites excluding steroid dienone is 2. The van der Waals surface area contributed by atoms with Gasteiger partial charge in [-0.2, -0.15) is 0 Å². The summed E-state index contributed by atoms with van der Waals surface area (Å²) in [4.78, 5) is 23.1. The predicted molar refractivity (Wildman–Crippen MR) is 230 cm³/mol. The fraction of sp³-hybridized carbons (Fsp3) is 0.933. The minimum atomic E-state index is -5.01. The molecule has 0 heterocycles. The lowest BCUT2D eigenvalue weighted by Crippen LogP contribution is -2.64. The maximum atomic E-state index is 12.8. The topological polar surface area (TPSA) is 192 Å². The van der Waals surface area contributed by atoms with Crippen molar-refractivity contribution in [3.8, 4) is 0 Å². The Balaban J connectivity index is 2.34. The Labute approximate surface area is 352 Å². The maximum Gasteiger partial charge on any atom is 0.472 e. The van der Waals surface area contributed by atoms with E-state index in [1.807, 2.05) is 0 Å². The summed E-state index contributed by atoms with van der Waals surface area (Å²) in [5.41, 5.74) is 0. The molecule has 0 saturated heterocycles. The molecule has 1 saturated carbocycles. The fourth-order valence-electron chi connectivity index (χ4n) is 7.35. The van der Waals surface area contributed by atoms with Crippen LogP contribution < -0.4 is 0 Å². The van der Waals surface area contributed by atoms with E-state index >= 15 is 0 Å². The van der Waals surface area contributed by atoms with E-state index in [4.69, 9.17) is 18.5 Å². The Hall–Kier alpha value is -0.920. The number of unbranched alkanes of at least 4 members (excludes halogenated alkanes) is 26. The Morgan fingerprint density at radius 1 is 0.534 bits per heavy atom. The van der Waals surface area contributed by atoms with Gasteiger partial charge in [-0.3, -0.25) is 13.8 Å². The summed E-state index contributed by atoms with van der Waals surface area (Å²) >= 11 is 0. The molecular weight excluding hydrogens is 763 g/mol. The molecule has 1 aliphatic rings. The van der Waals surface area contributed by atoms with E-state index in [1.54, 1.807) is 0 Å². The van der Waals surface area contributed by atoms with Gasteiger partial charge in [0.2, 0.25) is 0 Å². The van der Waals surface area contributed by atoms with Crippen molar-refractivity contribution in [1.82, 2.24) is 0 Å². The van der Waals surface area contributed by atoms with Crippen LogP contribution in [0, 0.1) is 0 Å². The number of carbonyl (C=O) groups excluding carboxylic acids is 1. The molecule has 1 aliphatic carbocycles. The molecule has 6 atom stereocenters. The second kappa shape index (κ2) is 36.7. The summed E-state index contributed by atoms with van der Waals surface area (Å²) < 4.78 is 34.2. The second-order valence-electron chi connectivity index (χ2n) is 16.6. The molecule has 0 radical (unpaired) electrons. The molecule has 0 aliphatic heterocycles. The molecule has 0 aromatic heterocycles. The van der Waals surface area contributed by atoms with Gasteiger partial charge in [0.25, 0.3) is 0 Å². The third-order valence-corrected chi connectivity index (χ3v) is 12.1. The molecule has 1 fully saturated rings. The number of aliphatic hydroxyl groups is 5. The van der Waals surface area contributed by atoms with Gasteiger partial charge >= 0.3 is 13.8 Å². The van der Waals surface area contributed by atoms with E-state index in [-0.39, 0.29) is 13.0 Å². The summed E-state index contributed by atoms with van der Waals surface area (Å²) in [6, 6.07) is 0. The van der Waals surface area contributed by atoms with E-state index in [0.29, 0.717) is 13.0 Å². The largest absolute Gasteiger partial charge is 0.472 e. The van der Waals surface area contributed by atoms with Crippen LogP contribution in [0.2, 0.25) is 0 Å². The smallest absolute Gasteiger partial charge is 0.457 e. The molecule has 6 N–H and O–H groups in total. The Morgan fingerprint density at radius 3 is 1.36 bits per heavy atom. The molecule has 6 unspecified atom stereocenters. The zero-order chi connectivity index (χ0) is 42.7. The highest BCUT2D eigenvalue weighted by Crippen LogP contribution is 2.47. The van der Waals surface area contributed by atoms with Crippen molar-refractivity contribution in [1.29, 1.82) is 0 Å². The summed E-state index contributed by atoms with van der Waals surface area (Å²) in [5.74, 6) is -0.476. The minimum Gasteiger partial charge on any atom is -0.457 e. The average molecular weight is 851 g/mol. The van der Waals surface area contributed by atoms with E-state index in [9.17, 15) is 39.8 Å². The Kier molecular flexibility index (Phi) is 34.9. The van der Waals surface area contributed by atoms with Crippen molar-refractivity contribution in [3.63, 3.8) is 0 Å². The zero-order valence-corrected chi connectivity index (χ0v) is 37.5. The van der Waals surface area contributed by atoms with Crippen LogP contribution in [0.25, 0.3) is 0 Å². The highest BCUT2D eigenvalue weighted by Gasteiger charge is 2.51. The van der Waals surface area contributed by atoms with E-state index in [2.05, 4.69) is 26.0 Å². The Bertz CT molecular complexity index is 1020. The van der Waals surface area contributed by atoms with Crippen LogP contribution >= 0.6 is 7.82 Å². The van der Waals surface area contributed by atoms with Crippen molar-refractivity contribution in [2.45, 2.75) is 249 Å². The molecule has 13 heteroatoms. The van der Waals surface area contributed by atoms with Gasteiger partial charge in [-0.25, -0.2) is 4.57 Å². The quantitative estimate of drug-likeness (QED) is 0.0148. The molecular formula is C45H87O12P. The monoisotopic (exact) mass is 851 g/mol. The fourth-order valence-corrected chi connectivity index (χ4v) is 8.32. The lowest BCUT2D eigenvalue weighted by atomic mass is 9.85. The number of ether oxygens (including phenoxy) is 2. The predicted octanol–water partition coefficient (Wildman–Crippen LogP) is 9.53. The van der Waals surface area contributed by atoms with Gasteiger partial charge < -0.3 is 39.9 Å². The number of rotatable bonds is 40. The van der Waals surface area contributed by atoms with Gasteiger partial charge in [0.15, 0.2) is 0 Å². The highest BCUT2D eigenvalue weighted by molar-refractivity contribution is 7.47. The van der Waals surface area contributed by atoms with Crippen LogP contribution in [0.4, 0.5) is 0 Å². The average Bonchev–Trinajstić information content (AvgIpc) is 3.21. The van der Waals surface area contributed by atoms with E-state index < -0.39 is 63.1 Å². The number of carbonyl (C=O) groups is 1. The van der Waals surface area contributed by atoms with Crippen molar-refractivity contribution in [2.75, 3.05) is 19.8 Å². The first-order valence-corrected chi connectivity index (χ1v) is 25.0. The number of hydrogen-bond donors (Lipinski definition) is 6. The SMILES string of the molecule is CCCCCCCC/C=C\CCCCCCCCCCCCOCC(COP(=O)(O)OC1C(O)C(O)C(O)C(O)C1O)OC(=O)CCCCCCCCCCCCC. The molecule has 0 amide bonds. The Morgan fingerprint density at radius 2 is 0.914 bits per heavy atom. The first-order chi connectivity index (χ1) is 28.0. The molecule has 12 nitrogen and oxygen atoms in total. The number of phosphoric acid groups is 1. The third-order valence-electron chi connectivity index (χ3n) is 11.1. The molecule has 1 rings (SSSR count). The summed E-state index contributed by atoms with van der Waals surface area (Å²) in [7, 11) is -5.01. The van der Waals surface area contributed by atoms with Crippen LogP contribution in [-0.4, -0.2) is 98.9 Å². The van der Waals surface area contributed by atoms with Crippen molar-refractivity contribution in [3.05, 3.63) is 12.2 Å². The second-order valence-corrected chi connectivity index (χ2v) is 18.0.